The van der Waals surface area contributed by atoms with Crippen LogP contribution in [0.3, 0.4) is 0 Å². The van der Waals surface area contributed by atoms with E-state index in [-0.39, 0.29) is 18.4 Å². The van der Waals surface area contributed by atoms with Crippen LogP contribution in [0.15, 0.2) is 24.3 Å². The van der Waals surface area contributed by atoms with Gasteiger partial charge in [0, 0.05) is 6.61 Å². The molecule has 0 aliphatic carbocycles. The lowest BCUT2D eigenvalue weighted by atomic mass is 10.1. The molecule has 1 aliphatic heterocycles. The second-order valence-corrected chi connectivity index (χ2v) is 6.91. The number of ether oxygens (including phenoxy) is 3. The molecule has 2 rings (SSSR count). The molecule has 1 aliphatic rings. The van der Waals surface area contributed by atoms with Crippen LogP contribution in [0.4, 0.5) is 0 Å². The molecule has 0 saturated heterocycles. The summed E-state index contributed by atoms with van der Waals surface area (Å²) in [7, 11) is 0. The first kappa shape index (κ1) is 22.5. The molecular weight excluding hydrogens is 358 g/mol. The Morgan fingerprint density at radius 3 is 1.79 bits per heavy atom. The molecule has 0 N–H and O–H groups in total. The first-order chi connectivity index (χ1) is 13.8. The average molecular weight is 392 g/mol. The van der Waals surface area contributed by atoms with Crippen LogP contribution in [-0.4, -0.2) is 62.9 Å². The Balaban J connectivity index is 1.40. The zero-order valence-corrected chi connectivity index (χ0v) is 17.0. The Bertz CT molecular complexity index is 569. The zero-order valence-electron chi connectivity index (χ0n) is 17.0. The van der Waals surface area contributed by atoms with E-state index in [1.54, 1.807) is 24.3 Å². The van der Waals surface area contributed by atoms with Gasteiger partial charge >= 0.3 is 0 Å². The van der Waals surface area contributed by atoms with Crippen molar-refractivity contribution in [1.82, 2.24) is 4.90 Å². The van der Waals surface area contributed by atoms with E-state index in [1.165, 1.54) is 37.0 Å². The fraction of sp³-hybridized carbons (Fsp3) is 0.636. The molecule has 0 unspecified atom stereocenters. The minimum Gasteiger partial charge on any atom is -0.379 e. The van der Waals surface area contributed by atoms with E-state index >= 15 is 0 Å². The number of benzene rings is 1. The van der Waals surface area contributed by atoms with E-state index < -0.39 is 0 Å². The Labute approximate surface area is 168 Å². The standard InChI is InChI=1S/C22H33NO5/c1-2-3-4-5-6-9-13-26-15-17-28-18-16-27-14-12-23-21(24)19-10-7-8-11-20(19)22(23)25/h7-8,10-11H,2-6,9,12-18H2,1H3. The molecule has 0 spiro atoms. The quantitative estimate of drug-likeness (QED) is 0.318. The molecule has 6 nitrogen and oxygen atoms in total. The van der Waals surface area contributed by atoms with Crippen molar-refractivity contribution in [3.05, 3.63) is 35.4 Å². The van der Waals surface area contributed by atoms with Gasteiger partial charge in [-0.3, -0.25) is 14.5 Å². The lowest BCUT2D eigenvalue weighted by molar-refractivity contribution is 0.0106. The molecule has 1 aromatic carbocycles. The highest BCUT2D eigenvalue weighted by Gasteiger charge is 2.34. The fourth-order valence-corrected chi connectivity index (χ4v) is 3.12. The number of hydrogen-bond acceptors (Lipinski definition) is 5. The Morgan fingerprint density at radius 1 is 0.679 bits per heavy atom. The molecule has 0 atom stereocenters. The highest BCUT2D eigenvalue weighted by Crippen LogP contribution is 2.21. The maximum Gasteiger partial charge on any atom is 0.261 e. The van der Waals surface area contributed by atoms with Crippen molar-refractivity contribution in [3.8, 4) is 0 Å². The van der Waals surface area contributed by atoms with E-state index in [9.17, 15) is 9.59 Å². The van der Waals surface area contributed by atoms with Crippen LogP contribution in [0.2, 0.25) is 0 Å². The summed E-state index contributed by atoms with van der Waals surface area (Å²) in [6.07, 6.45) is 7.58. The lowest BCUT2D eigenvalue weighted by Crippen LogP contribution is -2.33. The molecule has 0 bridgehead atoms. The van der Waals surface area contributed by atoms with E-state index in [2.05, 4.69) is 6.92 Å². The molecular formula is C22H33NO5. The van der Waals surface area contributed by atoms with Gasteiger partial charge in [0.25, 0.3) is 11.8 Å². The van der Waals surface area contributed by atoms with Crippen molar-refractivity contribution in [3.63, 3.8) is 0 Å². The third-order valence-electron chi connectivity index (χ3n) is 4.72. The topological polar surface area (TPSA) is 65.1 Å². The van der Waals surface area contributed by atoms with Gasteiger partial charge in [0.2, 0.25) is 0 Å². The predicted molar refractivity (Wildman–Crippen MR) is 108 cm³/mol. The summed E-state index contributed by atoms with van der Waals surface area (Å²) in [4.78, 5) is 25.6. The second-order valence-electron chi connectivity index (χ2n) is 6.91. The average Bonchev–Trinajstić information content (AvgIpc) is 2.96. The van der Waals surface area contributed by atoms with Gasteiger partial charge < -0.3 is 14.2 Å². The van der Waals surface area contributed by atoms with E-state index in [0.717, 1.165) is 13.0 Å². The SMILES string of the molecule is CCCCCCCCOCCOCCOCCN1C(=O)c2ccccc2C1=O. The largest absolute Gasteiger partial charge is 0.379 e. The molecule has 28 heavy (non-hydrogen) atoms. The van der Waals surface area contributed by atoms with Crippen LogP contribution in [0.1, 0.15) is 66.2 Å². The highest BCUT2D eigenvalue weighted by molar-refractivity contribution is 6.21. The van der Waals surface area contributed by atoms with Crippen molar-refractivity contribution in [2.75, 3.05) is 46.2 Å². The minimum absolute atomic E-state index is 0.247. The molecule has 6 heteroatoms. The van der Waals surface area contributed by atoms with Crippen LogP contribution >= 0.6 is 0 Å². The zero-order chi connectivity index (χ0) is 20.0. The van der Waals surface area contributed by atoms with Gasteiger partial charge in [-0.1, -0.05) is 51.2 Å². The van der Waals surface area contributed by atoms with Crippen LogP contribution in [0.5, 0.6) is 0 Å². The predicted octanol–water partition coefficient (Wildman–Crippen LogP) is 3.69. The van der Waals surface area contributed by atoms with Crippen LogP contribution in [-0.2, 0) is 14.2 Å². The number of hydrogen-bond donors (Lipinski definition) is 0. The molecule has 0 radical (unpaired) electrons. The third kappa shape index (κ3) is 7.34. The van der Waals surface area contributed by atoms with Gasteiger partial charge in [-0.15, -0.1) is 0 Å². The van der Waals surface area contributed by atoms with E-state index in [4.69, 9.17) is 14.2 Å². The minimum atomic E-state index is -0.247. The summed E-state index contributed by atoms with van der Waals surface area (Å²) >= 11 is 0. The van der Waals surface area contributed by atoms with Crippen molar-refractivity contribution < 1.29 is 23.8 Å². The fourth-order valence-electron chi connectivity index (χ4n) is 3.12. The van der Waals surface area contributed by atoms with Gasteiger partial charge in [0.05, 0.1) is 50.7 Å². The van der Waals surface area contributed by atoms with E-state index in [0.29, 0.717) is 44.2 Å². The maximum absolute atomic E-state index is 12.2. The van der Waals surface area contributed by atoms with Gasteiger partial charge in [-0.25, -0.2) is 0 Å². The summed E-state index contributed by atoms with van der Waals surface area (Å²) in [6.45, 7) is 5.65. The summed E-state index contributed by atoms with van der Waals surface area (Å²) in [5.74, 6) is -0.495. The Morgan fingerprint density at radius 2 is 1.18 bits per heavy atom. The van der Waals surface area contributed by atoms with Gasteiger partial charge in [-0.05, 0) is 18.6 Å². The number of fused-ring (bicyclic) bond motifs is 1. The van der Waals surface area contributed by atoms with Crippen molar-refractivity contribution in [2.24, 2.45) is 0 Å². The van der Waals surface area contributed by atoms with Crippen LogP contribution < -0.4 is 0 Å². The van der Waals surface area contributed by atoms with Gasteiger partial charge in [-0.2, -0.15) is 0 Å². The first-order valence-electron chi connectivity index (χ1n) is 10.4. The number of unbranched alkanes of at least 4 members (excludes halogenated alkanes) is 5. The summed E-state index contributed by atoms with van der Waals surface area (Å²) < 4.78 is 16.5. The molecule has 0 fully saturated rings. The summed E-state index contributed by atoms with van der Waals surface area (Å²) in [5, 5.41) is 0. The molecule has 1 aromatic rings. The number of nitrogens with zero attached hydrogens (tertiary/aromatic N) is 1. The van der Waals surface area contributed by atoms with E-state index in [1.807, 2.05) is 0 Å². The molecule has 0 aromatic heterocycles. The van der Waals surface area contributed by atoms with Crippen molar-refractivity contribution in [2.45, 2.75) is 45.4 Å². The first-order valence-corrected chi connectivity index (χ1v) is 10.4. The van der Waals surface area contributed by atoms with Crippen molar-refractivity contribution >= 4 is 11.8 Å². The molecule has 2 amide bonds. The van der Waals surface area contributed by atoms with Crippen LogP contribution in [0.25, 0.3) is 0 Å². The van der Waals surface area contributed by atoms with Gasteiger partial charge in [0.1, 0.15) is 0 Å². The monoisotopic (exact) mass is 391 g/mol. The maximum atomic E-state index is 12.2. The van der Waals surface area contributed by atoms with Crippen LogP contribution in [0, 0.1) is 0 Å². The Hall–Kier alpha value is -1.76. The van der Waals surface area contributed by atoms with Gasteiger partial charge in [0.15, 0.2) is 0 Å². The highest BCUT2D eigenvalue weighted by atomic mass is 16.5. The molecule has 1 heterocycles. The second kappa shape index (κ2) is 13.4. The number of carbonyl (C=O) groups excluding carboxylic acids is 2. The lowest BCUT2D eigenvalue weighted by Gasteiger charge is -2.13. The normalized spacial score (nSPS) is 13.4. The summed E-state index contributed by atoms with van der Waals surface area (Å²) in [6, 6.07) is 6.88. The molecule has 0 saturated carbocycles. The number of rotatable bonds is 16. The third-order valence-corrected chi connectivity index (χ3v) is 4.72. The number of carbonyl (C=O) groups is 2. The number of amides is 2. The smallest absolute Gasteiger partial charge is 0.261 e. The number of imide groups is 1. The summed E-state index contributed by atoms with van der Waals surface area (Å²) in [5.41, 5.74) is 0.939. The molecule has 156 valence electrons. The van der Waals surface area contributed by atoms with Crippen molar-refractivity contribution in [1.29, 1.82) is 0 Å². The Kier molecular flexibility index (Phi) is 10.8.